The van der Waals surface area contributed by atoms with Crippen LogP contribution in [0.25, 0.3) is 0 Å². The van der Waals surface area contributed by atoms with Crippen molar-refractivity contribution in [3.8, 4) is 11.5 Å². The Hall–Kier alpha value is -1.22. The molecular weight excluding hydrogens is 214 g/mol. The minimum Gasteiger partial charge on any atom is -0.497 e. The number of hydrogen-bond donors (Lipinski definition) is 1. The van der Waals surface area contributed by atoms with Gasteiger partial charge in [-0.2, -0.15) is 0 Å². The fraction of sp³-hybridized carbons (Fsp3) is 0.571. The molecule has 0 radical (unpaired) electrons. The minimum absolute atomic E-state index is 0.514. The molecule has 0 spiro atoms. The number of nitrogens with one attached hydrogen (secondary N) is 1. The summed E-state index contributed by atoms with van der Waals surface area (Å²) in [7, 11) is 3.42. The van der Waals surface area contributed by atoms with Crippen LogP contribution in [-0.4, -0.2) is 20.8 Å². The molecule has 3 heteroatoms. The van der Waals surface area contributed by atoms with Gasteiger partial charge in [-0.05, 0) is 17.5 Å². The Morgan fingerprint density at radius 1 is 1.24 bits per heavy atom. The van der Waals surface area contributed by atoms with Gasteiger partial charge in [0.1, 0.15) is 11.5 Å². The fourth-order valence-corrected chi connectivity index (χ4v) is 2.54. The van der Waals surface area contributed by atoms with Crippen molar-refractivity contribution in [3.63, 3.8) is 0 Å². The van der Waals surface area contributed by atoms with E-state index in [4.69, 9.17) is 9.47 Å². The van der Waals surface area contributed by atoms with Gasteiger partial charge in [-0.3, -0.25) is 0 Å². The van der Waals surface area contributed by atoms with Gasteiger partial charge in [0, 0.05) is 30.6 Å². The van der Waals surface area contributed by atoms with Crippen molar-refractivity contribution in [2.24, 2.45) is 5.92 Å². The van der Waals surface area contributed by atoms with Crippen LogP contribution in [0.1, 0.15) is 30.9 Å². The SMILES string of the molecule is COc1cc2c(c(OC)c1)C(C(C)C)CNC2. The normalized spacial score (nSPS) is 19.0. The number of benzene rings is 1. The molecule has 1 heterocycles. The highest BCUT2D eigenvalue weighted by atomic mass is 16.5. The largest absolute Gasteiger partial charge is 0.497 e. The molecular formula is C14H21NO2. The zero-order chi connectivity index (χ0) is 12.4. The Morgan fingerprint density at radius 3 is 2.59 bits per heavy atom. The second kappa shape index (κ2) is 4.96. The Morgan fingerprint density at radius 2 is 2.00 bits per heavy atom. The van der Waals surface area contributed by atoms with Crippen molar-refractivity contribution >= 4 is 0 Å². The molecule has 0 saturated carbocycles. The summed E-state index contributed by atoms with van der Waals surface area (Å²) in [6.45, 7) is 6.43. The maximum atomic E-state index is 5.53. The average molecular weight is 235 g/mol. The maximum absolute atomic E-state index is 5.53. The molecule has 1 aromatic carbocycles. The van der Waals surface area contributed by atoms with Crippen LogP contribution in [0.3, 0.4) is 0 Å². The highest BCUT2D eigenvalue weighted by molar-refractivity contribution is 5.50. The first-order chi connectivity index (χ1) is 8.17. The molecule has 0 aliphatic carbocycles. The molecule has 1 N–H and O–H groups in total. The van der Waals surface area contributed by atoms with Crippen LogP contribution in [-0.2, 0) is 6.54 Å². The average Bonchev–Trinajstić information content (AvgIpc) is 2.36. The van der Waals surface area contributed by atoms with E-state index in [2.05, 4.69) is 25.2 Å². The fourth-order valence-electron chi connectivity index (χ4n) is 2.54. The highest BCUT2D eigenvalue weighted by Crippen LogP contribution is 2.39. The van der Waals surface area contributed by atoms with E-state index in [9.17, 15) is 0 Å². The zero-order valence-corrected chi connectivity index (χ0v) is 11.0. The maximum Gasteiger partial charge on any atom is 0.126 e. The number of ether oxygens (including phenoxy) is 2. The third kappa shape index (κ3) is 2.25. The van der Waals surface area contributed by atoms with Gasteiger partial charge in [0.15, 0.2) is 0 Å². The molecule has 2 rings (SSSR count). The van der Waals surface area contributed by atoms with Gasteiger partial charge in [-0.1, -0.05) is 13.8 Å². The van der Waals surface area contributed by atoms with Crippen LogP contribution in [0, 0.1) is 5.92 Å². The van der Waals surface area contributed by atoms with Crippen molar-refractivity contribution in [1.29, 1.82) is 0 Å². The molecule has 0 saturated heterocycles. The first-order valence-electron chi connectivity index (χ1n) is 6.13. The lowest BCUT2D eigenvalue weighted by molar-refractivity contribution is 0.366. The summed E-state index contributed by atoms with van der Waals surface area (Å²) in [5, 5.41) is 3.46. The van der Waals surface area contributed by atoms with Crippen molar-refractivity contribution in [2.75, 3.05) is 20.8 Å². The molecule has 3 nitrogen and oxygen atoms in total. The summed E-state index contributed by atoms with van der Waals surface area (Å²) >= 11 is 0. The van der Waals surface area contributed by atoms with Crippen LogP contribution < -0.4 is 14.8 Å². The van der Waals surface area contributed by atoms with E-state index in [1.54, 1.807) is 14.2 Å². The number of rotatable bonds is 3. The van der Waals surface area contributed by atoms with Crippen molar-refractivity contribution < 1.29 is 9.47 Å². The lowest BCUT2D eigenvalue weighted by atomic mass is 9.82. The van der Waals surface area contributed by atoms with Gasteiger partial charge in [-0.25, -0.2) is 0 Å². The first kappa shape index (κ1) is 12.2. The van der Waals surface area contributed by atoms with Crippen LogP contribution in [0.5, 0.6) is 11.5 Å². The Bertz CT molecular complexity index is 384. The van der Waals surface area contributed by atoms with Crippen LogP contribution in [0.4, 0.5) is 0 Å². The number of hydrogen-bond acceptors (Lipinski definition) is 3. The standard InChI is InChI=1S/C14H21NO2/c1-9(2)12-8-15-7-10-5-11(16-3)6-13(17-4)14(10)12/h5-6,9,12,15H,7-8H2,1-4H3. The van der Waals surface area contributed by atoms with E-state index in [-0.39, 0.29) is 0 Å². The quantitative estimate of drug-likeness (QED) is 0.873. The molecule has 0 amide bonds. The van der Waals surface area contributed by atoms with E-state index in [0.717, 1.165) is 24.6 Å². The van der Waals surface area contributed by atoms with Crippen LogP contribution in [0.15, 0.2) is 12.1 Å². The zero-order valence-electron chi connectivity index (χ0n) is 11.0. The van der Waals surface area contributed by atoms with Crippen molar-refractivity contribution in [1.82, 2.24) is 5.32 Å². The smallest absolute Gasteiger partial charge is 0.126 e. The van der Waals surface area contributed by atoms with E-state index in [1.165, 1.54) is 11.1 Å². The third-order valence-electron chi connectivity index (χ3n) is 3.51. The summed E-state index contributed by atoms with van der Waals surface area (Å²) in [6, 6.07) is 4.10. The molecule has 17 heavy (non-hydrogen) atoms. The van der Waals surface area contributed by atoms with Gasteiger partial charge in [0.05, 0.1) is 14.2 Å². The monoisotopic (exact) mass is 235 g/mol. The predicted octanol–water partition coefficient (Wildman–Crippen LogP) is 2.55. The Balaban J connectivity index is 2.51. The van der Waals surface area contributed by atoms with Gasteiger partial charge in [0.25, 0.3) is 0 Å². The van der Waals surface area contributed by atoms with Gasteiger partial charge in [-0.15, -0.1) is 0 Å². The van der Waals surface area contributed by atoms with Gasteiger partial charge >= 0.3 is 0 Å². The van der Waals surface area contributed by atoms with E-state index in [1.807, 2.05) is 6.07 Å². The number of methoxy groups -OCH3 is 2. The molecule has 1 aliphatic rings. The van der Waals surface area contributed by atoms with E-state index < -0.39 is 0 Å². The lowest BCUT2D eigenvalue weighted by Gasteiger charge is -2.31. The van der Waals surface area contributed by atoms with Gasteiger partial charge in [0.2, 0.25) is 0 Å². The first-order valence-corrected chi connectivity index (χ1v) is 6.13. The second-order valence-corrected chi connectivity index (χ2v) is 4.88. The predicted molar refractivity (Wildman–Crippen MR) is 68.8 cm³/mol. The summed E-state index contributed by atoms with van der Waals surface area (Å²) in [6.07, 6.45) is 0. The molecule has 1 atom stereocenters. The van der Waals surface area contributed by atoms with Crippen LogP contribution >= 0.6 is 0 Å². The molecule has 0 fully saturated rings. The van der Waals surface area contributed by atoms with E-state index >= 15 is 0 Å². The molecule has 0 bridgehead atoms. The summed E-state index contributed by atoms with van der Waals surface area (Å²) in [4.78, 5) is 0. The molecule has 0 aromatic heterocycles. The third-order valence-corrected chi connectivity index (χ3v) is 3.51. The van der Waals surface area contributed by atoms with Crippen molar-refractivity contribution in [2.45, 2.75) is 26.3 Å². The Labute approximate surface area is 103 Å². The lowest BCUT2D eigenvalue weighted by Crippen LogP contribution is -2.31. The highest BCUT2D eigenvalue weighted by Gasteiger charge is 2.26. The summed E-state index contributed by atoms with van der Waals surface area (Å²) < 4.78 is 10.8. The van der Waals surface area contributed by atoms with E-state index in [0.29, 0.717) is 11.8 Å². The molecule has 1 aliphatic heterocycles. The molecule has 1 unspecified atom stereocenters. The summed E-state index contributed by atoms with van der Waals surface area (Å²) in [5.41, 5.74) is 2.65. The Kier molecular flexibility index (Phi) is 3.57. The minimum atomic E-state index is 0.514. The van der Waals surface area contributed by atoms with Crippen molar-refractivity contribution in [3.05, 3.63) is 23.3 Å². The second-order valence-electron chi connectivity index (χ2n) is 4.88. The number of fused-ring (bicyclic) bond motifs is 1. The molecule has 94 valence electrons. The molecule has 1 aromatic rings. The summed E-state index contributed by atoms with van der Waals surface area (Å²) in [5.74, 6) is 2.94. The van der Waals surface area contributed by atoms with Gasteiger partial charge < -0.3 is 14.8 Å². The topological polar surface area (TPSA) is 30.5 Å². The van der Waals surface area contributed by atoms with Crippen LogP contribution in [0.2, 0.25) is 0 Å².